The van der Waals surface area contributed by atoms with Crippen molar-refractivity contribution in [2.45, 2.75) is 53.4 Å². The average molecular weight is 291 g/mol. The van der Waals surface area contributed by atoms with Gasteiger partial charge in [-0.2, -0.15) is 0 Å². The normalized spacial score (nSPS) is 27.0. The first-order valence-corrected chi connectivity index (χ1v) is 8.58. The van der Waals surface area contributed by atoms with Crippen LogP contribution in [0.1, 0.15) is 52.8 Å². The van der Waals surface area contributed by atoms with E-state index in [0.717, 1.165) is 30.7 Å². The van der Waals surface area contributed by atoms with Crippen LogP contribution in [0.5, 0.6) is 0 Å². The lowest BCUT2D eigenvalue weighted by molar-refractivity contribution is 0.0960. The van der Waals surface area contributed by atoms with Crippen molar-refractivity contribution in [3.05, 3.63) is 18.2 Å². The van der Waals surface area contributed by atoms with E-state index in [4.69, 9.17) is 0 Å². The van der Waals surface area contributed by atoms with Gasteiger partial charge in [0.25, 0.3) is 0 Å². The lowest BCUT2D eigenvalue weighted by atomic mass is 9.64. The number of hydrogen-bond acceptors (Lipinski definition) is 2. The zero-order valence-corrected chi connectivity index (χ0v) is 14.5. The summed E-state index contributed by atoms with van der Waals surface area (Å²) in [4.78, 5) is 4.55. The van der Waals surface area contributed by atoms with Gasteiger partial charge in [-0.05, 0) is 55.5 Å². The number of aryl methyl sites for hydroxylation is 1. The Morgan fingerprint density at radius 1 is 1.29 bits per heavy atom. The van der Waals surface area contributed by atoms with Crippen LogP contribution in [0.2, 0.25) is 0 Å². The maximum atomic E-state index is 4.55. The third kappa shape index (κ3) is 4.32. The molecule has 0 spiro atoms. The fraction of sp³-hybridized carbons (Fsp3) is 0.833. The Balaban J connectivity index is 2.07. The molecule has 3 heteroatoms. The topological polar surface area (TPSA) is 29.9 Å². The summed E-state index contributed by atoms with van der Waals surface area (Å²) < 4.78 is 2.19. The van der Waals surface area contributed by atoms with Gasteiger partial charge in [-0.3, -0.25) is 0 Å². The van der Waals surface area contributed by atoms with Crippen LogP contribution in [0, 0.1) is 23.2 Å². The first-order valence-electron chi connectivity index (χ1n) is 8.58. The molecule has 2 rings (SSSR count). The molecule has 1 N–H and O–H groups in total. The summed E-state index contributed by atoms with van der Waals surface area (Å²) in [6.45, 7) is 11.7. The lowest BCUT2D eigenvalue weighted by Crippen LogP contribution is -2.37. The predicted octanol–water partition coefficient (Wildman–Crippen LogP) is 3.65. The van der Waals surface area contributed by atoms with Crippen molar-refractivity contribution in [3.63, 3.8) is 0 Å². The summed E-state index contributed by atoms with van der Waals surface area (Å²) >= 11 is 0. The van der Waals surface area contributed by atoms with Crippen molar-refractivity contribution in [2.24, 2.45) is 30.2 Å². The summed E-state index contributed by atoms with van der Waals surface area (Å²) in [5.74, 6) is 3.67. The van der Waals surface area contributed by atoms with Gasteiger partial charge in [0.1, 0.15) is 5.82 Å². The Labute approximate surface area is 130 Å². The summed E-state index contributed by atoms with van der Waals surface area (Å²) in [6, 6.07) is 0. The van der Waals surface area contributed by atoms with Crippen LogP contribution in [0.3, 0.4) is 0 Å². The van der Waals surface area contributed by atoms with E-state index in [2.05, 4.69) is 55.8 Å². The molecule has 0 radical (unpaired) electrons. The van der Waals surface area contributed by atoms with Crippen molar-refractivity contribution in [1.82, 2.24) is 14.9 Å². The Morgan fingerprint density at radius 3 is 2.62 bits per heavy atom. The largest absolute Gasteiger partial charge is 0.338 e. The number of nitrogens with zero attached hydrogens (tertiary/aromatic N) is 2. The highest BCUT2D eigenvalue weighted by Gasteiger charge is 2.36. The Bertz CT molecular complexity index is 430. The van der Waals surface area contributed by atoms with Crippen LogP contribution in [0.15, 0.2) is 12.4 Å². The number of hydrogen-bond donors (Lipinski definition) is 1. The number of rotatable bonds is 5. The predicted molar refractivity (Wildman–Crippen MR) is 89.2 cm³/mol. The molecule has 1 saturated carbocycles. The maximum absolute atomic E-state index is 4.55. The average Bonchev–Trinajstić information content (AvgIpc) is 2.82. The molecule has 3 nitrogen and oxygen atoms in total. The molecule has 0 saturated heterocycles. The minimum atomic E-state index is 0.434. The van der Waals surface area contributed by atoms with Crippen LogP contribution in [0.4, 0.5) is 0 Å². The van der Waals surface area contributed by atoms with E-state index in [-0.39, 0.29) is 0 Å². The Morgan fingerprint density at radius 2 is 2.05 bits per heavy atom. The van der Waals surface area contributed by atoms with E-state index in [9.17, 15) is 0 Å². The molecule has 1 aliphatic carbocycles. The van der Waals surface area contributed by atoms with Crippen molar-refractivity contribution in [2.75, 3.05) is 13.1 Å². The molecule has 21 heavy (non-hydrogen) atoms. The van der Waals surface area contributed by atoms with Crippen molar-refractivity contribution < 1.29 is 0 Å². The molecule has 120 valence electrons. The van der Waals surface area contributed by atoms with Crippen LogP contribution in [-0.4, -0.2) is 22.6 Å². The molecule has 0 bridgehead atoms. The van der Waals surface area contributed by atoms with E-state index in [1.807, 2.05) is 6.20 Å². The highest BCUT2D eigenvalue weighted by Crippen LogP contribution is 2.43. The van der Waals surface area contributed by atoms with E-state index >= 15 is 0 Å². The number of imidazole rings is 1. The Kier molecular flexibility index (Phi) is 5.48. The fourth-order valence-electron chi connectivity index (χ4n) is 3.79. The zero-order chi connectivity index (χ0) is 15.5. The molecule has 0 aliphatic heterocycles. The smallest absolute Gasteiger partial charge is 0.108 e. The van der Waals surface area contributed by atoms with Gasteiger partial charge in [0.05, 0.1) is 0 Å². The van der Waals surface area contributed by atoms with Crippen molar-refractivity contribution in [3.8, 4) is 0 Å². The molecule has 1 heterocycles. The van der Waals surface area contributed by atoms with E-state index in [1.54, 1.807) is 0 Å². The summed E-state index contributed by atoms with van der Waals surface area (Å²) in [5, 5.41) is 3.57. The minimum absolute atomic E-state index is 0.434. The molecule has 0 amide bonds. The SMILES string of the molecule is CCNCC1CCC(C(C)(C)C)CC1Cc1nccn1C. The van der Waals surface area contributed by atoms with Gasteiger partial charge in [-0.1, -0.05) is 27.7 Å². The van der Waals surface area contributed by atoms with E-state index in [0.29, 0.717) is 5.41 Å². The van der Waals surface area contributed by atoms with E-state index in [1.165, 1.54) is 31.6 Å². The van der Waals surface area contributed by atoms with Crippen molar-refractivity contribution in [1.29, 1.82) is 0 Å². The molecule has 3 atom stereocenters. The van der Waals surface area contributed by atoms with Gasteiger partial charge in [-0.25, -0.2) is 4.98 Å². The third-order valence-electron chi connectivity index (χ3n) is 5.39. The van der Waals surface area contributed by atoms with Crippen LogP contribution >= 0.6 is 0 Å². The quantitative estimate of drug-likeness (QED) is 0.897. The van der Waals surface area contributed by atoms with Gasteiger partial charge in [0, 0.05) is 25.9 Å². The molecular formula is C18H33N3. The van der Waals surface area contributed by atoms with Crippen LogP contribution in [0.25, 0.3) is 0 Å². The molecule has 0 aromatic carbocycles. The third-order valence-corrected chi connectivity index (χ3v) is 5.39. The molecule has 1 aromatic rings. The highest BCUT2D eigenvalue weighted by atomic mass is 15.0. The van der Waals surface area contributed by atoms with Gasteiger partial charge in [0.15, 0.2) is 0 Å². The van der Waals surface area contributed by atoms with Gasteiger partial charge >= 0.3 is 0 Å². The molecule has 1 aromatic heterocycles. The van der Waals surface area contributed by atoms with E-state index < -0.39 is 0 Å². The monoisotopic (exact) mass is 291 g/mol. The van der Waals surface area contributed by atoms with Crippen LogP contribution < -0.4 is 5.32 Å². The van der Waals surface area contributed by atoms with Gasteiger partial charge < -0.3 is 9.88 Å². The van der Waals surface area contributed by atoms with Crippen LogP contribution in [-0.2, 0) is 13.5 Å². The molecule has 1 aliphatic rings. The fourth-order valence-corrected chi connectivity index (χ4v) is 3.79. The molecule has 3 unspecified atom stereocenters. The summed E-state index contributed by atoms with van der Waals surface area (Å²) in [5.41, 5.74) is 0.434. The first kappa shape index (κ1) is 16.5. The second-order valence-electron chi connectivity index (χ2n) is 7.86. The van der Waals surface area contributed by atoms with Crippen molar-refractivity contribution >= 4 is 0 Å². The maximum Gasteiger partial charge on any atom is 0.108 e. The first-order chi connectivity index (χ1) is 9.91. The Hall–Kier alpha value is -0.830. The van der Waals surface area contributed by atoms with Gasteiger partial charge in [-0.15, -0.1) is 0 Å². The summed E-state index contributed by atoms with van der Waals surface area (Å²) in [6.07, 6.45) is 9.23. The summed E-state index contributed by atoms with van der Waals surface area (Å²) in [7, 11) is 2.12. The number of nitrogens with one attached hydrogen (secondary N) is 1. The second-order valence-corrected chi connectivity index (χ2v) is 7.86. The minimum Gasteiger partial charge on any atom is -0.338 e. The van der Waals surface area contributed by atoms with Gasteiger partial charge in [0.2, 0.25) is 0 Å². The number of aromatic nitrogens is 2. The highest BCUT2D eigenvalue weighted by molar-refractivity contribution is 4.96. The molecular weight excluding hydrogens is 258 g/mol. The lowest BCUT2D eigenvalue weighted by Gasteiger charge is -2.42. The second kappa shape index (κ2) is 6.95. The zero-order valence-electron chi connectivity index (χ0n) is 14.5. The molecule has 1 fully saturated rings. The standard InChI is InChI=1S/C18H33N3/c1-6-19-13-14-7-8-16(18(2,3)4)11-15(14)12-17-20-9-10-21(17)5/h9-10,14-16,19H,6-8,11-13H2,1-5H3.